The summed E-state index contributed by atoms with van der Waals surface area (Å²) in [7, 11) is 0. The van der Waals surface area contributed by atoms with Gasteiger partial charge in [-0.3, -0.25) is 4.79 Å². The second-order valence-corrected chi connectivity index (χ2v) is 5.46. The van der Waals surface area contributed by atoms with Crippen molar-refractivity contribution in [3.05, 3.63) is 35.4 Å². The van der Waals surface area contributed by atoms with Gasteiger partial charge in [0.1, 0.15) is 11.6 Å². The maximum absolute atomic E-state index is 13.4. The molecule has 0 heterocycles. The largest absolute Gasteiger partial charge is 0.481 e. The number of hydrogen-bond acceptors (Lipinski definition) is 1. The van der Waals surface area contributed by atoms with E-state index in [0.29, 0.717) is 12.0 Å². The first-order valence-electron chi connectivity index (χ1n) is 7.75. The molecule has 0 aliphatic rings. The van der Waals surface area contributed by atoms with Crippen LogP contribution in [0.25, 0.3) is 0 Å². The molecule has 1 rings (SSSR count). The monoisotopic (exact) mass is 298 g/mol. The minimum atomic E-state index is -0.719. The van der Waals surface area contributed by atoms with Crippen LogP contribution >= 0.6 is 0 Å². The lowest BCUT2D eigenvalue weighted by Crippen LogP contribution is -1.93. The number of carboxylic acid groups (broad SMARTS) is 1. The Labute approximate surface area is 125 Å². The van der Waals surface area contributed by atoms with Crippen molar-refractivity contribution in [2.24, 2.45) is 0 Å². The fraction of sp³-hybridized carbons (Fsp3) is 0.588. The van der Waals surface area contributed by atoms with Crippen molar-refractivity contribution in [3.8, 4) is 0 Å². The first kappa shape index (κ1) is 17.6. The van der Waals surface area contributed by atoms with Gasteiger partial charge in [-0.15, -0.1) is 0 Å². The Balaban J connectivity index is 1.96. The zero-order chi connectivity index (χ0) is 15.5. The number of halogens is 2. The summed E-state index contributed by atoms with van der Waals surface area (Å²) in [4.78, 5) is 10.3. The molecule has 0 saturated heterocycles. The number of benzene rings is 1. The molecule has 0 aliphatic heterocycles. The fourth-order valence-corrected chi connectivity index (χ4v) is 2.38. The molecule has 0 bridgehead atoms. The van der Waals surface area contributed by atoms with Crippen LogP contribution in [-0.2, 0) is 11.2 Å². The van der Waals surface area contributed by atoms with Crippen LogP contribution in [0.3, 0.4) is 0 Å². The minimum absolute atomic E-state index is 0.267. The van der Waals surface area contributed by atoms with Crippen molar-refractivity contribution < 1.29 is 18.7 Å². The summed E-state index contributed by atoms with van der Waals surface area (Å²) in [5.41, 5.74) is 0.588. The van der Waals surface area contributed by atoms with Gasteiger partial charge in [-0.05, 0) is 30.9 Å². The Hall–Kier alpha value is -1.45. The molecule has 1 aromatic rings. The van der Waals surface area contributed by atoms with Crippen molar-refractivity contribution in [2.75, 3.05) is 0 Å². The molecule has 1 aromatic carbocycles. The zero-order valence-corrected chi connectivity index (χ0v) is 12.4. The fourth-order valence-electron chi connectivity index (χ4n) is 2.38. The zero-order valence-electron chi connectivity index (χ0n) is 12.4. The normalized spacial score (nSPS) is 10.8. The number of carboxylic acids is 1. The number of aliphatic carboxylic acids is 1. The lowest BCUT2D eigenvalue weighted by molar-refractivity contribution is -0.137. The van der Waals surface area contributed by atoms with Gasteiger partial charge in [-0.25, -0.2) is 8.78 Å². The van der Waals surface area contributed by atoms with E-state index in [0.717, 1.165) is 57.4 Å². The molecule has 2 nitrogen and oxygen atoms in total. The smallest absolute Gasteiger partial charge is 0.303 e. The Morgan fingerprint density at radius 1 is 0.905 bits per heavy atom. The Morgan fingerprint density at radius 3 is 2.05 bits per heavy atom. The Morgan fingerprint density at radius 2 is 1.48 bits per heavy atom. The average Bonchev–Trinajstić information content (AvgIpc) is 2.42. The number of unbranched alkanes of at least 4 members (excludes halogenated alkanes) is 7. The highest BCUT2D eigenvalue weighted by Crippen LogP contribution is 2.15. The van der Waals surface area contributed by atoms with Crippen LogP contribution in [0, 0.1) is 11.6 Å². The Kier molecular flexibility index (Phi) is 8.63. The van der Waals surface area contributed by atoms with Crippen molar-refractivity contribution in [3.63, 3.8) is 0 Å². The van der Waals surface area contributed by atoms with Gasteiger partial charge in [0.25, 0.3) is 0 Å². The second kappa shape index (κ2) is 10.3. The maximum atomic E-state index is 13.4. The standard InChI is InChI=1S/C17H24F2O2/c18-15-12-11-14(16(19)13-15)9-7-5-3-1-2-4-6-8-10-17(20)21/h11-13H,1-10H2,(H,20,21). The van der Waals surface area contributed by atoms with E-state index in [1.165, 1.54) is 12.1 Å². The Bertz CT molecular complexity index is 433. The van der Waals surface area contributed by atoms with Gasteiger partial charge < -0.3 is 5.11 Å². The van der Waals surface area contributed by atoms with Crippen LogP contribution < -0.4 is 0 Å². The summed E-state index contributed by atoms with van der Waals surface area (Å²) in [5, 5.41) is 8.49. The van der Waals surface area contributed by atoms with Crippen LogP contribution in [0.2, 0.25) is 0 Å². The molecule has 0 aromatic heterocycles. The molecule has 0 fully saturated rings. The van der Waals surface area contributed by atoms with Crippen LogP contribution in [0.4, 0.5) is 8.78 Å². The van der Waals surface area contributed by atoms with Crippen LogP contribution in [-0.4, -0.2) is 11.1 Å². The van der Waals surface area contributed by atoms with Crippen molar-refractivity contribution in [1.82, 2.24) is 0 Å². The van der Waals surface area contributed by atoms with E-state index in [1.807, 2.05) is 0 Å². The van der Waals surface area contributed by atoms with Gasteiger partial charge in [-0.1, -0.05) is 44.6 Å². The van der Waals surface area contributed by atoms with Gasteiger partial charge in [0.05, 0.1) is 0 Å². The molecule has 4 heteroatoms. The molecule has 0 spiro atoms. The third-order valence-corrected chi connectivity index (χ3v) is 3.60. The van der Waals surface area contributed by atoms with Crippen LogP contribution in [0.15, 0.2) is 18.2 Å². The highest BCUT2D eigenvalue weighted by atomic mass is 19.1. The SMILES string of the molecule is O=C(O)CCCCCCCCCCc1ccc(F)cc1F. The molecule has 0 atom stereocenters. The first-order valence-corrected chi connectivity index (χ1v) is 7.75. The minimum Gasteiger partial charge on any atom is -0.481 e. The van der Waals surface area contributed by atoms with E-state index in [1.54, 1.807) is 0 Å². The molecular formula is C17H24F2O2. The molecule has 0 saturated carbocycles. The van der Waals surface area contributed by atoms with E-state index in [-0.39, 0.29) is 6.42 Å². The molecule has 118 valence electrons. The van der Waals surface area contributed by atoms with Crippen molar-refractivity contribution in [1.29, 1.82) is 0 Å². The molecule has 21 heavy (non-hydrogen) atoms. The third kappa shape index (κ3) is 8.43. The highest BCUT2D eigenvalue weighted by Gasteiger charge is 2.03. The number of carbonyl (C=O) groups is 1. The van der Waals surface area contributed by atoms with Crippen molar-refractivity contribution >= 4 is 5.97 Å². The molecule has 0 aliphatic carbocycles. The second-order valence-electron chi connectivity index (χ2n) is 5.46. The van der Waals surface area contributed by atoms with E-state index in [2.05, 4.69) is 0 Å². The van der Waals surface area contributed by atoms with Gasteiger partial charge >= 0.3 is 5.97 Å². The van der Waals surface area contributed by atoms with Crippen LogP contribution in [0.1, 0.15) is 63.4 Å². The summed E-state index contributed by atoms with van der Waals surface area (Å²) in [6.07, 6.45) is 9.10. The molecule has 0 amide bonds. The van der Waals surface area contributed by atoms with Gasteiger partial charge in [0.15, 0.2) is 0 Å². The summed E-state index contributed by atoms with van der Waals surface area (Å²) in [6.45, 7) is 0. The van der Waals surface area contributed by atoms with Crippen molar-refractivity contribution in [2.45, 2.75) is 64.2 Å². The van der Waals surface area contributed by atoms with Gasteiger partial charge in [0, 0.05) is 12.5 Å². The van der Waals surface area contributed by atoms with E-state index in [9.17, 15) is 13.6 Å². The summed E-state index contributed by atoms with van der Waals surface area (Å²) < 4.78 is 26.1. The summed E-state index contributed by atoms with van der Waals surface area (Å²) >= 11 is 0. The van der Waals surface area contributed by atoms with Gasteiger partial charge in [-0.2, -0.15) is 0 Å². The molecule has 0 unspecified atom stereocenters. The lowest BCUT2D eigenvalue weighted by atomic mass is 10.0. The van der Waals surface area contributed by atoms with Gasteiger partial charge in [0.2, 0.25) is 0 Å². The first-order chi connectivity index (χ1) is 10.1. The topological polar surface area (TPSA) is 37.3 Å². The number of aryl methyl sites for hydroxylation is 1. The van der Waals surface area contributed by atoms with Crippen LogP contribution in [0.5, 0.6) is 0 Å². The number of rotatable bonds is 11. The van der Waals surface area contributed by atoms with E-state index >= 15 is 0 Å². The molecule has 1 N–H and O–H groups in total. The summed E-state index contributed by atoms with van der Waals surface area (Å²) in [5.74, 6) is -1.70. The molecule has 0 radical (unpaired) electrons. The third-order valence-electron chi connectivity index (χ3n) is 3.60. The quantitative estimate of drug-likeness (QED) is 0.577. The lowest BCUT2D eigenvalue weighted by Gasteiger charge is -2.04. The number of hydrogen-bond donors (Lipinski definition) is 1. The van der Waals surface area contributed by atoms with E-state index < -0.39 is 17.6 Å². The predicted octanol–water partition coefficient (Wildman–Crippen LogP) is 5.10. The predicted molar refractivity (Wildman–Crippen MR) is 79.3 cm³/mol. The summed E-state index contributed by atoms with van der Waals surface area (Å²) in [6, 6.07) is 3.76. The van der Waals surface area contributed by atoms with E-state index in [4.69, 9.17) is 5.11 Å². The average molecular weight is 298 g/mol. The maximum Gasteiger partial charge on any atom is 0.303 e. The molecular weight excluding hydrogens is 274 g/mol. The highest BCUT2D eigenvalue weighted by molar-refractivity contribution is 5.66.